The Morgan fingerprint density at radius 2 is 1.97 bits per heavy atom. The summed E-state index contributed by atoms with van der Waals surface area (Å²) in [6.07, 6.45) is 0.643. The topological polar surface area (TPSA) is 111 Å². The van der Waals surface area contributed by atoms with Crippen molar-refractivity contribution in [2.75, 3.05) is 19.7 Å². The number of carbonyl (C=O) groups excluding carboxylic acids is 1. The first-order valence-corrected chi connectivity index (χ1v) is 10.4. The van der Waals surface area contributed by atoms with E-state index in [-0.39, 0.29) is 12.7 Å². The van der Waals surface area contributed by atoms with Gasteiger partial charge in [-0.1, -0.05) is 31.2 Å². The van der Waals surface area contributed by atoms with Gasteiger partial charge >= 0.3 is 6.09 Å². The fourth-order valence-electron chi connectivity index (χ4n) is 4.15. The van der Waals surface area contributed by atoms with E-state index in [2.05, 4.69) is 6.92 Å². The summed E-state index contributed by atoms with van der Waals surface area (Å²) in [7, 11) is 0. The minimum atomic E-state index is -0.917. The molecule has 1 spiro atoms. The van der Waals surface area contributed by atoms with Crippen molar-refractivity contribution in [3.05, 3.63) is 48.0 Å². The number of fused-ring (bicyclic) bond motifs is 1. The molecule has 31 heavy (non-hydrogen) atoms. The Labute approximate surface area is 180 Å². The molecule has 2 amide bonds. The van der Waals surface area contributed by atoms with E-state index < -0.39 is 17.8 Å². The molecule has 1 saturated heterocycles. The van der Waals surface area contributed by atoms with Crippen LogP contribution >= 0.6 is 0 Å². The highest BCUT2D eigenvalue weighted by Crippen LogP contribution is 2.46. The minimum absolute atomic E-state index is 0.168. The first-order chi connectivity index (χ1) is 14.9. The molecule has 8 nitrogen and oxygen atoms in total. The fourth-order valence-corrected chi connectivity index (χ4v) is 4.15. The van der Waals surface area contributed by atoms with Crippen LogP contribution in [0.4, 0.5) is 4.79 Å². The van der Waals surface area contributed by atoms with E-state index in [0.717, 1.165) is 28.9 Å². The lowest BCUT2D eigenvalue weighted by Crippen LogP contribution is -2.53. The summed E-state index contributed by atoms with van der Waals surface area (Å²) < 4.78 is 18.3. The third kappa shape index (κ3) is 4.29. The van der Waals surface area contributed by atoms with Crippen molar-refractivity contribution in [3.63, 3.8) is 0 Å². The quantitative estimate of drug-likeness (QED) is 0.756. The highest BCUT2D eigenvalue weighted by atomic mass is 16.7. The number of likely N-dealkylation sites (tertiary alicyclic amines) is 1. The molecule has 8 heteroatoms. The van der Waals surface area contributed by atoms with Gasteiger partial charge in [-0.15, -0.1) is 0 Å². The Kier molecular flexibility index (Phi) is 5.73. The van der Waals surface area contributed by atoms with E-state index in [4.69, 9.17) is 19.9 Å². The molecule has 164 valence electrons. The van der Waals surface area contributed by atoms with Gasteiger partial charge in [-0.3, -0.25) is 4.79 Å². The van der Waals surface area contributed by atoms with Gasteiger partial charge in [-0.05, 0) is 30.2 Å². The van der Waals surface area contributed by atoms with E-state index in [1.807, 2.05) is 36.4 Å². The molecule has 0 aromatic heterocycles. The molecule has 1 unspecified atom stereocenters. The number of hydrogen-bond donors (Lipinski definition) is 2. The first-order valence-electron chi connectivity index (χ1n) is 10.4. The van der Waals surface area contributed by atoms with Gasteiger partial charge in [0, 0.05) is 37.1 Å². The summed E-state index contributed by atoms with van der Waals surface area (Å²) >= 11 is 0. The van der Waals surface area contributed by atoms with Gasteiger partial charge in [0.15, 0.2) is 6.61 Å². The Hall–Kier alpha value is -3.26. The number of carbonyl (C=O) groups is 2. The number of amides is 2. The molecule has 2 aliphatic heterocycles. The zero-order valence-electron chi connectivity index (χ0n) is 17.4. The Morgan fingerprint density at radius 3 is 2.65 bits per heavy atom. The van der Waals surface area contributed by atoms with Gasteiger partial charge in [-0.2, -0.15) is 0 Å². The molecule has 0 radical (unpaired) electrons. The Morgan fingerprint density at radius 1 is 1.23 bits per heavy atom. The standard InChI is InChI=1S/C23H26N2O6/c1-2-18-17-13-15(16-5-3-4-6-19(16)29-14-21(24)26)7-8-20(17)31-23(30-18)9-11-25(12-10-23)22(27)28/h3-8,13,18H,2,9-12,14H2,1H3,(H2,24,26)(H,27,28). The van der Waals surface area contributed by atoms with Crippen molar-refractivity contribution in [3.8, 4) is 22.6 Å². The smallest absolute Gasteiger partial charge is 0.407 e. The van der Waals surface area contributed by atoms with E-state index >= 15 is 0 Å². The van der Waals surface area contributed by atoms with Gasteiger partial charge in [0.05, 0.1) is 6.10 Å². The second-order valence-electron chi connectivity index (χ2n) is 7.80. The van der Waals surface area contributed by atoms with Crippen molar-refractivity contribution in [1.29, 1.82) is 0 Å². The second kappa shape index (κ2) is 8.47. The van der Waals surface area contributed by atoms with Crippen LogP contribution in [0.2, 0.25) is 0 Å². The molecule has 3 N–H and O–H groups in total. The molecule has 2 aromatic carbocycles. The zero-order valence-corrected chi connectivity index (χ0v) is 17.4. The van der Waals surface area contributed by atoms with Crippen molar-refractivity contribution in [1.82, 2.24) is 4.90 Å². The van der Waals surface area contributed by atoms with Gasteiger partial charge < -0.3 is 30.0 Å². The van der Waals surface area contributed by atoms with Gasteiger partial charge in [0.2, 0.25) is 5.79 Å². The van der Waals surface area contributed by atoms with Gasteiger partial charge in [0.25, 0.3) is 5.91 Å². The number of rotatable bonds is 5. The average Bonchev–Trinajstić information content (AvgIpc) is 2.77. The summed E-state index contributed by atoms with van der Waals surface area (Å²) in [5, 5.41) is 9.22. The largest absolute Gasteiger partial charge is 0.483 e. The number of primary amides is 1. The van der Waals surface area contributed by atoms with Crippen LogP contribution < -0.4 is 15.2 Å². The summed E-state index contributed by atoms with van der Waals surface area (Å²) in [6.45, 7) is 2.62. The van der Waals surface area contributed by atoms with Crippen molar-refractivity contribution in [2.24, 2.45) is 5.73 Å². The van der Waals surface area contributed by atoms with E-state index in [9.17, 15) is 14.7 Å². The summed E-state index contributed by atoms with van der Waals surface area (Å²) in [5.41, 5.74) is 7.92. The number of para-hydroxylation sites is 1. The lowest BCUT2D eigenvalue weighted by Gasteiger charge is -2.46. The zero-order chi connectivity index (χ0) is 22.0. The van der Waals surface area contributed by atoms with Crippen LogP contribution in [-0.2, 0) is 9.53 Å². The van der Waals surface area contributed by atoms with Crippen molar-refractivity contribution < 1.29 is 28.9 Å². The number of hydrogen-bond acceptors (Lipinski definition) is 5. The SMILES string of the molecule is CCC1OC2(CCN(C(=O)O)CC2)Oc2ccc(-c3ccccc3OCC(N)=O)cc21. The molecule has 0 aliphatic carbocycles. The Balaban J connectivity index is 1.62. The number of ether oxygens (including phenoxy) is 3. The maximum absolute atomic E-state index is 11.2. The number of piperidine rings is 1. The predicted octanol–water partition coefficient (Wildman–Crippen LogP) is 3.55. The molecule has 0 bridgehead atoms. The lowest BCUT2D eigenvalue weighted by atomic mass is 9.94. The van der Waals surface area contributed by atoms with E-state index in [1.54, 1.807) is 6.07 Å². The molecular weight excluding hydrogens is 400 g/mol. The molecule has 1 fully saturated rings. The molecule has 2 aliphatic rings. The molecule has 4 rings (SSSR count). The number of nitrogens with zero attached hydrogens (tertiary/aromatic N) is 1. The summed E-state index contributed by atoms with van der Waals surface area (Å²) in [6, 6.07) is 13.4. The van der Waals surface area contributed by atoms with Crippen LogP contribution in [0, 0.1) is 0 Å². The third-order valence-electron chi connectivity index (χ3n) is 5.74. The molecule has 1 atom stereocenters. The van der Waals surface area contributed by atoms with Crippen LogP contribution in [0.15, 0.2) is 42.5 Å². The van der Waals surface area contributed by atoms with Gasteiger partial charge in [-0.25, -0.2) is 4.79 Å². The summed E-state index contributed by atoms with van der Waals surface area (Å²) in [5.74, 6) is -0.0122. The Bertz CT molecular complexity index is 984. The van der Waals surface area contributed by atoms with Crippen LogP contribution in [0.25, 0.3) is 11.1 Å². The van der Waals surface area contributed by atoms with Crippen molar-refractivity contribution in [2.45, 2.75) is 38.1 Å². The monoisotopic (exact) mass is 426 g/mol. The second-order valence-corrected chi connectivity index (χ2v) is 7.80. The normalized spacial score (nSPS) is 19.4. The van der Waals surface area contributed by atoms with Crippen LogP contribution in [-0.4, -0.2) is 47.5 Å². The fraction of sp³-hybridized carbons (Fsp3) is 0.391. The number of nitrogens with two attached hydrogens (primary N) is 1. The maximum Gasteiger partial charge on any atom is 0.407 e. The van der Waals surface area contributed by atoms with Crippen LogP contribution in [0.3, 0.4) is 0 Å². The number of benzene rings is 2. The van der Waals surface area contributed by atoms with E-state index in [0.29, 0.717) is 31.7 Å². The first kappa shape index (κ1) is 21.0. The highest BCUT2D eigenvalue weighted by molar-refractivity contribution is 5.77. The maximum atomic E-state index is 11.2. The molecule has 2 heterocycles. The van der Waals surface area contributed by atoms with E-state index in [1.165, 1.54) is 4.90 Å². The average molecular weight is 426 g/mol. The summed E-state index contributed by atoms with van der Waals surface area (Å²) in [4.78, 5) is 23.8. The number of carboxylic acid groups (broad SMARTS) is 1. The lowest BCUT2D eigenvalue weighted by molar-refractivity contribution is -0.248. The minimum Gasteiger partial charge on any atom is -0.483 e. The predicted molar refractivity (Wildman–Crippen MR) is 113 cm³/mol. The van der Waals surface area contributed by atoms with Crippen molar-refractivity contribution >= 4 is 12.0 Å². The molecule has 0 saturated carbocycles. The highest BCUT2D eigenvalue weighted by Gasteiger charge is 2.44. The van der Waals surface area contributed by atoms with Crippen LogP contribution in [0.5, 0.6) is 11.5 Å². The molecule has 2 aromatic rings. The van der Waals surface area contributed by atoms with Gasteiger partial charge in [0.1, 0.15) is 11.5 Å². The third-order valence-corrected chi connectivity index (χ3v) is 5.74. The molecular formula is C23H26N2O6. The van der Waals surface area contributed by atoms with Crippen LogP contribution in [0.1, 0.15) is 37.9 Å².